The fourth-order valence-electron chi connectivity index (χ4n) is 2.25. The molecule has 1 aliphatic rings. The minimum Gasteiger partial charge on any atom is -0.495 e. The SMILES string of the molecule is COc1cccc(CN)c1NS(=O)(=O)CC1CCCO1. The molecule has 1 heterocycles. The highest BCUT2D eigenvalue weighted by Crippen LogP contribution is 2.29. The van der Waals surface area contributed by atoms with Gasteiger partial charge < -0.3 is 15.2 Å². The Morgan fingerprint density at radius 3 is 2.90 bits per heavy atom. The highest BCUT2D eigenvalue weighted by atomic mass is 32.2. The van der Waals surface area contributed by atoms with Crippen LogP contribution in [0.25, 0.3) is 0 Å². The molecule has 20 heavy (non-hydrogen) atoms. The Morgan fingerprint density at radius 1 is 1.50 bits per heavy atom. The average molecular weight is 300 g/mol. The first-order valence-electron chi connectivity index (χ1n) is 6.54. The molecule has 0 radical (unpaired) electrons. The Bertz CT molecular complexity index is 531. The standard InChI is InChI=1S/C13H20N2O4S/c1-18-12-6-2-4-10(8-14)13(12)15-20(16,17)9-11-5-3-7-19-11/h2,4,6,11,15H,3,5,7-9,14H2,1H3. The first-order chi connectivity index (χ1) is 9.55. The lowest BCUT2D eigenvalue weighted by Crippen LogP contribution is -2.26. The lowest BCUT2D eigenvalue weighted by Gasteiger charge is -2.16. The Morgan fingerprint density at radius 2 is 2.30 bits per heavy atom. The average Bonchev–Trinajstić information content (AvgIpc) is 2.90. The molecule has 7 heteroatoms. The van der Waals surface area contributed by atoms with Crippen LogP contribution in [0.15, 0.2) is 18.2 Å². The van der Waals surface area contributed by atoms with E-state index in [1.165, 1.54) is 7.11 Å². The molecule has 0 saturated carbocycles. The normalized spacial score (nSPS) is 19.0. The van der Waals surface area contributed by atoms with Crippen molar-refractivity contribution >= 4 is 15.7 Å². The summed E-state index contributed by atoms with van der Waals surface area (Å²) in [7, 11) is -2.00. The van der Waals surface area contributed by atoms with Crippen molar-refractivity contribution in [3.8, 4) is 5.75 Å². The number of anilines is 1. The van der Waals surface area contributed by atoms with Gasteiger partial charge in [0.1, 0.15) is 5.75 Å². The van der Waals surface area contributed by atoms with E-state index >= 15 is 0 Å². The lowest BCUT2D eigenvalue weighted by atomic mass is 10.1. The third kappa shape index (κ3) is 3.62. The van der Waals surface area contributed by atoms with Gasteiger partial charge in [-0.3, -0.25) is 4.72 Å². The van der Waals surface area contributed by atoms with Crippen molar-refractivity contribution in [1.82, 2.24) is 0 Å². The molecule has 1 aromatic carbocycles. The van der Waals surface area contributed by atoms with Gasteiger partial charge in [-0.2, -0.15) is 0 Å². The predicted molar refractivity (Wildman–Crippen MR) is 77.3 cm³/mol. The third-order valence-corrected chi connectivity index (χ3v) is 4.56. The van der Waals surface area contributed by atoms with Gasteiger partial charge in [-0.1, -0.05) is 12.1 Å². The number of para-hydroxylation sites is 1. The van der Waals surface area contributed by atoms with E-state index < -0.39 is 10.0 Å². The van der Waals surface area contributed by atoms with Gasteiger partial charge in [-0.25, -0.2) is 8.42 Å². The van der Waals surface area contributed by atoms with Crippen molar-refractivity contribution in [2.45, 2.75) is 25.5 Å². The van der Waals surface area contributed by atoms with Crippen LogP contribution in [0, 0.1) is 0 Å². The first-order valence-corrected chi connectivity index (χ1v) is 8.19. The first kappa shape index (κ1) is 15.1. The molecule has 1 saturated heterocycles. The van der Waals surface area contributed by atoms with Crippen molar-refractivity contribution in [3.05, 3.63) is 23.8 Å². The van der Waals surface area contributed by atoms with Crippen LogP contribution >= 0.6 is 0 Å². The second-order valence-corrected chi connectivity index (χ2v) is 6.48. The number of sulfonamides is 1. The van der Waals surface area contributed by atoms with Gasteiger partial charge >= 0.3 is 0 Å². The maximum absolute atomic E-state index is 12.2. The van der Waals surface area contributed by atoms with Crippen LogP contribution in [0.2, 0.25) is 0 Å². The number of hydrogen-bond donors (Lipinski definition) is 2. The number of methoxy groups -OCH3 is 1. The molecular formula is C13H20N2O4S. The number of benzene rings is 1. The quantitative estimate of drug-likeness (QED) is 0.820. The molecular weight excluding hydrogens is 280 g/mol. The smallest absolute Gasteiger partial charge is 0.235 e. The van der Waals surface area contributed by atoms with Crippen LogP contribution < -0.4 is 15.2 Å². The number of hydrogen-bond acceptors (Lipinski definition) is 5. The molecule has 112 valence electrons. The van der Waals surface area contributed by atoms with E-state index in [1.54, 1.807) is 18.2 Å². The molecule has 0 aromatic heterocycles. The number of nitrogens with one attached hydrogen (secondary N) is 1. The van der Waals surface area contributed by atoms with Gasteiger partial charge in [0.2, 0.25) is 10.0 Å². The zero-order valence-corrected chi connectivity index (χ0v) is 12.3. The fraction of sp³-hybridized carbons (Fsp3) is 0.538. The van der Waals surface area contributed by atoms with Crippen molar-refractivity contribution < 1.29 is 17.9 Å². The highest BCUT2D eigenvalue weighted by Gasteiger charge is 2.24. The summed E-state index contributed by atoms with van der Waals surface area (Å²) in [5, 5.41) is 0. The van der Waals surface area contributed by atoms with Gasteiger partial charge in [-0.05, 0) is 24.5 Å². The van der Waals surface area contributed by atoms with Crippen LogP contribution in [-0.2, 0) is 21.3 Å². The molecule has 1 aromatic rings. The van der Waals surface area contributed by atoms with Crippen LogP contribution in [0.1, 0.15) is 18.4 Å². The van der Waals surface area contributed by atoms with Gasteiger partial charge in [0, 0.05) is 13.2 Å². The maximum Gasteiger partial charge on any atom is 0.235 e. The van der Waals surface area contributed by atoms with E-state index in [9.17, 15) is 8.42 Å². The molecule has 1 atom stereocenters. The summed E-state index contributed by atoms with van der Waals surface area (Å²) >= 11 is 0. The Hall–Kier alpha value is -1.31. The molecule has 0 bridgehead atoms. The molecule has 3 N–H and O–H groups in total. The topological polar surface area (TPSA) is 90.6 Å². The highest BCUT2D eigenvalue weighted by molar-refractivity contribution is 7.92. The fourth-order valence-corrected chi connectivity index (χ4v) is 3.63. The Kier molecular flexibility index (Phi) is 4.85. The van der Waals surface area contributed by atoms with E-state index in [0.717, 1.165) is 12.8 Å². The van der Waals surface area contributed by atoms with Crippen LogP contribution in [0.5, 0.6) is 5.75 Å². The molecule has 6 nitrogen and oxygen atoms in total. The summed E-state index contributed by atoms with van der Waals surface area (Å²) in [4.78, 5) is 0. The molecule has 1 unspecified atom stereocenters. The zero-order valence-electron chi connectivity index (χ0n) is 11.5. The molecule has 2 rings (SSSR count). The van der Waals surface area contributed by atoms with E-state index in [0.29, 0.717) is 23.6 Å². The van der Waals surface area contributed by atoms with E-state index in [-0.39, 0.29) is 18.4 Å². The predicted octanol–water partition coefficient (Wildman–Crippen LogP) is 1.07. The minimum atomic E-state index is -3.49. The Balaban J connectivity index is 2.19. The molecule has 0 aliphatic carbocycles. The molecule has 1 aliphatic heterocycles. The van der Waals surface area contributed by atoms with Crippen molar-refractivity contribution in [2.24, 2.45) is 5.73 Å². The zero-order chi connectivity index (χ0) is 14.6. The summed E-state index contributed by atoms with van der Waals surface area (Å²) in [6.07, 6.45) is 1.45. The summed E-state index contributed by atoms with van der Waals surface area (Å²) in [5.74, 6) is 0.415. The molecule has 0 spiro atoms. The lowest BCUT2D eigenvalue weighted by molar-refractivity contribution is 0.127. The van der Waals surface area contributed by atoms with Gasteiger partial charge in [0.15, 0.2) is 0 Å². The summed E-state index contributed by atoms with van der Waals surface area (Å²) in [5.41, 5.74) is 6.75. The molecule has 0 amide bonds. The van der Waals surface area contributed by atoms with Gasteiger partial charge in [-0.15, -0.1) is 0 Å². The number of rotatable bonds is 6. The van der Waals surface area contributed by atoms with Crippen molar-refractivity contribution in [2.75, 3.05) is 24.2 Å². The summed E-state index contributed by atoms with van der Waals surface area (Å²) in [6, 6.07) is 5.24. The third-order valence-electron chi connectivity index (χ3n) is 3.24. The van der Waals surface area contributed by atoms with Crippen LogP contribution in [0.3, 0.4) is 0 Å². The van der Waals surface area contributed by atoms with Crippen LogP contribution in [0.4, 0.5) is 5.69 Å². The van der Waals surface area contributed by atoms with Crippen LogP contribution in [-0.4, -0.2) is 34.0 Å². The van der Waals surface area contributed by atoms with Crippen molar-refractivity contribution in [3.63, 3.8) is 0 Å². The monoisotopic (exact) mass is 300 g/mol. The Labute approximate surface area is 119 Å². The summed E-state index contributed by atoms with van der Waals surface area (Å²) < 4.78 is 37.5. The minimum absolute atomic E-state index is 0.0466. The number of nitrogens with two attached hydrogens (primary N) is 1. The second kappa shape index (κ2) is 6.43. The van der Waals surface area contributed by atoms with Gasteiger partial charge in [0.05, 0.1) is 24.7 Å². The van der Waals surface area contributed by atoms with E-state index in [4.69, 9.17) is 15.2 Å². The van der Waals surface area contributed by atoms with Gasteiger partial charge in [0.25, 0.3) is 0 Å². The second-order valence-electron chi connectivity index (χ2n) is 4.72. The van der Waals surface area contributed by atoms with Crippen molar-refractivity contribution in [1.29, 1.82) is 0 Å². The molecule has 1 fully saturated rings. The number of ether oxygens (including phenoxy) is 2. The maximum atomic E-state index is 12.2. The summed E-state index contributed by atoms with van der Waals surface area (Å²) in [6.45, 7) is 0.859. The van der Waals surface area contributed by atoms with E-state index in [1.807, 2.05) is 0 Å². The van der Waals surface area contributed by atoms with E-state index in [2.05, 4.69) is 4.72 Å². The largest absolute Gasteiger partial charge is 0.495 e.